The summed E-state index contributed by atoms with van der Waals surface area (Å²) in [6.45, 7) is 0.526. The second-order valence-corrected chi connectivity index (χ2v) is 6.56. The van der Waals surface area contributed by atoms with Crippen molar-refractivity contribution in [1.82, 2.24) is 4.90 Å². The summed E-state index contributed by atoms with van der Waals surface area (Å²) in [5.74, 6) is 0.697. The van der Waals surface area contributed by atoms with E-state index in [9.17, 15) is 4.79 Å². The summed E-state index contributed by atoms with van der Waals surface area (Å²) in [6, 6.07) is 8.28. The first-order valence-corrected chi connectivity index (χ1v) is 8.60. The first-order valence-electron chi connectivity index (χ1n) is 8.65. The van der Waals surface area contributed by atoms with E-state index in [0.717, 1.165) is 37.7 Å². The Kier molecular flexibility index (Phi) is 4.15. The molecule has 1 aromatic rings. The number of benzene rings is 1. The predicted octanol–water partition coefficient (Wildman–Crippen LogP) is 4.25. The van der Waals surface area contributed by atoms with Gasteiger partial charge in [0.15, 0.2) is 0 Å². The Hall–Kier alpha value is -1.02. The summed E-state index contributed by atoms with van der Waals surface area (Å²) in [7, 11) is 0. The molecule has 114 valence electrons. The van der Waals surface area contributed by atoms with E-state index in [2.05, 4.69) is 18.2 Å². The lowest BCUT2D eigenvalue weighted by atomic mass is 9.71. The summed E-state index contributed by atoms with van der Waals surface area (Å²) in [6.07, 6.45) is 6.53. The number of alkyl halides is 1. The molecule has 0 N–H and O–H groups in total. The molecule has 21 heavy (non-hydrogen) atoms. The fourth-order valence-corrected chi connectivity index (χ4v) is 4.11. The molecule has 1 saturated carbocycles. The quantitative estimate of drug-likeness (QED) is 0.765. The van der Waals surface area contributed by atoms with Gasteiger partial charge < -0.3 is 4.90 Å². The highest BCUT2D eigenvalue weighted by Gasteiger charge is 2.44. The molecule has 3 rings (SSSR count). The van der Waals surface area contributed by atoms with Crippen molar-refractivity contribution in [3.05, 3.63) is 35.4 Å². The van der Waals surface area contributed by atoms with Gasteiger partial charge >= 0.3 is 0 Å². The van der Waals surface area contributed by atoms with Gasteiger partial charge in [0.2, 0.25) is 5.91 Å². The zero-order chi connectivity index (χ0) is 15.6. The fraction of sp³-hybridized carbons (Fsp3) is 0.611. The third-order valence-corrected chi connectivity index (χ3v) is 5.25. The van der Waals surface area contributed by atoms with Crippen molar-refractivity contribution in [2.45, 2.75) is 56.9 Å². The minimum absolute atomic E-state index is 0.171. The average Bonchev–Trinajstić information content (AvgIpc) is 2.57. The number of nitrogens with zero attached hydrogens (tertiary/aromatic N) is 1. The Labute approximate surface area is 133 Å². The van der Waals surface area contributed by atoms with Gasteiger partial charge in [-0.1, -0.05) is 43.5 Å². The molecule has 1 aromatic carbocycles. The summed E-state index contributed by atoms with van der Waals surface area (Å²) in [5, 5.41) is 0. The summed E-state index contributed by atoms with van der Waals surface area (Å²) < 4.78 is 8.44. The molecule has 1 fully saturated rings. The third kappa shape index (κ3) is 2.70. The van der Waals surface area contributed by atoms with Crippen LogP contribution in [0.4, 0.5) is 0 Å². The topological polar surface area (TPSA) is 20.3 Å². The maximum atomic E-state index is 12.8. The summed E-state index contributed by atoms with van der Waals surface area (Å²) in [4.78, 5) is 14.8. The minimum atomic E-state index is -0.330. The van der Waals surface area contributed by atoms with Crippen molar-refractivity contribution < 1.29 is 6.17 Å². The fourth-order valence-electron chi connectivity index (χ4n) is 3.98. The number of fused-ring (bicyclic) bond motifs is 2. The molecule has 1 aliphatic carbocycles. The van der Waals surface area contributed by atoms with Crippen LogP contribution in [0.15, 0.2) is 24.3 Å². The van der Waals surface area contributed by atoms with E-state index < -0.39 is 0 Å². The van der Waals surface area contributed by atoms with E-state index >= 15 is 0 Å². The third-order valence-electron chi connectivity index (χ3n) is 4.98. The summed E-state index contributed by atoms with van der Waals surface area (Å²) >= 11 is 5.76. The Morgan fingerprint density at radius 3 is 2.81 bits per heavy atom. The van der Waals surface area contributed by atoms with Crippen molar-refractivity contribution in [3.63, 3.8) is 0 Å². The van der Waals surface area contributed by atoms with Crippen LogP contribution in [-0.4, -0.2) is 23.2 Å². The average molecular weight is 307 g/mol. The maximum Gasteiger partial charge on any atom is 0.223 e. The standard InChI is InChI=1S/C18H24ClNO/c19-13-6-9-17(21)20-14-10-15-7-2-3-8-16(15)18(20)11-4-1-5-12-18/h2-3,7-8H,1,4-6,9-14H2/i10D. The van der Waals surface area contributed by atoms with E-state index in [1.54, 1.807) is 0 Å². The molecule has 0 aromatic heterocycles. The van der Waals surface area contributed by atoms with Gasteiger partial charge in [-0.2, -0.15) is 0 Å². The molecule has 1 heterocycles. The van der Waals surface area contributed by atoms with Crippen LogP contribution in [0.5, 0.6) is 0 Å². The van der Waals surface area contributed by atoms with Crippen molar-refractivity contribution in [2.75, 3.05) is 12.4 Å². The highest BCUT2D eigenvalue weighted by Crippen LogP contribution is 2.46. The van der Waals surface area contributed by atoms with E-state index in [4.69, 9.17) is 13.0 Å². The largest absolute Gasteiger partial charge is 0.333 e. The number of rotatable bonds is 3. The van der Waals surface area contributed by atoms with Crippen LogP contribution in [0.3, 0.4) is 0 Å². The van der Waals surface area contributed by atoms with Gasteiger partial charge in [-0.25, -0.2) is 0 Å². The Bertz CT molecular complexity index is 542. The van der Waals surface area contributed by atoms with Crippen LogP contribution >= 0.6 is 11.6 Å². The number of amides is 1. The van der Waals surface area contributed by atoms with Crippen molar-refractivity contribution >= 4 is 17.5 Å². The lowest BCUT2D eigenvalue weighted by Crippen LogP contribution is -2.54. The first-order chi connectivity index (χ1) is 10.7. The number of halogens is 1. The molecule has 2 nitrogen and oxygen atoms in total. The van der Waals surface area contributed by atoms with Gasteiger partial charge in [0.05, 0.1) is 5.54 Å². The zero-order valence-corrected chi connectivity index (χ0v) is 13.2. The molecule has 2 aliphatic rings. The molecule has 1 unspecified atom stereocenters. The Morgan fingerprint density at radius 2 is 2.05 bits per heavy atom. The van der Waals surface area contributed by atoms with Crippen LogP contribution in [0, 0.1) is 0 Å². The Morgan fingerprint density at radius 1 is 1.29 bits per heavy atom. The molecule has 1 atom stereocenters. The van der Waals surface area contributed by atoms with E-state index in [1.165, 1.54) is 12.0 Å². The highest BCUT2D eigenvalue weighted by molar-refractivity contribution is 6.17. The van der Waals surface area contributed by atoms with E-state index in [-0.39, 0.29) is 17.8 Å². The van der Waals surface area contributed by atoms with Gasteiger partial charge in [-0.15, -0.1) is 11.6 Å². The predicted molar refractivity (Wildman–Crippen MR) is 86.6 cm³/mol. The second kappa shape index (κ2) is 6.39. The first kappa shape index (κ1) is 13.6. The van der Waals surface area contributed by atoms with Crippen LogP contribution in [0.1, 0.15) is 57.4 Å². The van der Waals surface area contributed by atoms with Crippen LogP contribution in [0.25, 0.3) is 0 Å². The minimum Gasteiger partial charge on any atom is -0.333 e. The lowest BCUT2D eigenvalue weighted by Gasteiger charge is -2.50. The molecule has 1 spiro atoms. The van der Waals surface area contributed by atoms with Crippen molar-refractivity contribution in [2.24, 2.45) is 0 Å². The Balaban J connectivity index is 2.01. The van der Waals surface area contributed by atoms with Crippen molar-refractivity contribution in [3.8, 4) is 0 Å². The van der Waals surface area contributed by atoms with Gasteiger partial charge in [0.25, 0.3) is 0 Å². The van der Waals surface area contributed by atoms with E-state index in [0.29, 0.717) is 18.8 Å². The molecular weight excluding hydrogens is 282 g/mol. The molecular formula is C18H24ClNO. The second-order valence-electron chi connectivity index (χ2n) is 6.18. The highest BCUT2D eigenvalue weighted by atomic mass is 35.5. The molecule has 1 aliphatic heterocycles. The van der Waals surface area contributed by atoms with Gasteiger partial charge in [0.1, 0.15) is 0 Å². The molecule has 1 amide bonds. The number of carbonyl (C=O) groups excluding carboxylic acids is 1. The maximum absolute atomic E-state index is 12.8. The SMILES string of the molecule is [2H]C1CN(C(=O)CCCCl)C2(CCCCC2)c2ccccc21. The van der Waals surface area contributed by atoms with Gasteiger partial charge in [-0.3, -0.25) is 4.79 Å². The van der Waals surface area contributed by atoms with Crippen LogP contribution in [0.2, 0.25) is 0 Å². The number of hydrogen-bond acceptors (Lipinski definition) is 1. The number of carbonyl (C=O) groups is 1. The lowest BCUT2D eigenvalue weighted by molar-refractivity contribution is -0.140. The van der Waals surface area contributed by atoms with E-state index in [1.807, 2.05) is 11.0 Å². The molecule has 0 saturated heterocycles. The van der Waals surface area contributed by atoms with Crippen molar-refractivity contribution in [1.29, 1.82) is 0 Å². The molecule has 0 radical (unpaired) electrons. The molecule has 0 bridgehead atoms. The summed E-state index contributed by atoms with van der Waals surface area (Å²) in [5.41, 5.74) is 2.17. The zero-order valence-electron chi connectivity index (χ0n) is 13.5. The van der Waals surface area contributed by atoms with Crippen LogP contribution in [-0.2, 0) is 16.7 Å². The monoisotopic (exact) mass is 306 g/mol. The van der Waals surface area contributed by atoms with Gasteiger partial charge in [0, 0.05) is 20.2 Å². The normalized spacial score (nSPS) is 24.5. The van der Waals surface area contributed by atoms with Crippen LogP contribution < -0.4 is 0 Å². The van der Waals surface area contributed by atoms with Gasteiger partial charge in [-0.05, 0) is 36.8 Å². The molecule has 3 heteroatoms. The smallest absolute Gasteiger partial charge is 0.223 e. The number of hydrogen-bond donors (Lipinski definition) is 0.